The second-order valence-corrected chi connectivity index (χ2v) is 5.70. The SMILES string of the molecule is COc1cccc(CN2CCCC(Br)C2)c1F. The summed E-state index contributed by atoms with van der Waals surface area (Å²) in [7, 11) is 1.50. The number of benzene rings is 1. The first-order valence-electron chi connectivity index (χ1n) is 5.88. The molecule has 0 N–H and O–H groups in total. The molecule has 1 aliphatic heterocycles. The molecule has 1 atom stereocenters. The highest BCUT2D eigenvalue weighted by Gasteiger charge is 2.19. The van der Waals surface area contributed by atoms with Gasteiger partial charge in [-0.1, -0.05) is 28.1 Å². The third-order valence-electron chi connectivity index (χ3n) is 3.11. The molecule has 0 bridgehead atoms. The third-order valence-corrected chi connectivity index (χ3v) is 3.85. The van der Waals surface area contributed by atoms with Crippen LogP contribution in [-0.2, 0) is 6.54 Å². The van der Waals surface area contributed by atoms with E-state index in [1.54, 1.807) is 6.07 Å². The van der Waals surface area contributed by atoms with Gasteiger partial charge >= 0.3 is 0 Å². The average molecular weight is 302 g/mol. The summed E-state index contributed by atoms with van der Waals surface area (Å²) in [5.74, 6) is 0.0987. The quantitative estimate of drug-likeness (QED) is 0.795. The van der Waals surface area contributed by atoms with Crippen molar-refractivity contribution in [1.29, 1.82) is 0 Å². The predicted molar refractivity (Wildman–Crippen MR) is 70.2 cm³/mol. The smallest absolute Gasteiger partial charge is 0.169 e. The maximum Gasteiger partial charge on any atom is 0.169 e. The molecular formula is C13H17BrFNO. The topological polar surface area (TPSA) is 12.5 Å². The Balaban J connectivity index is 2.07. The van der Waals surface area contributed by atoms with Crippen molar-refractivity contribution in [2.24, 2.45) is 0 Å². The van der Waals surface area contributed by atoms with Gasteiger partial charge < -0.3 is 4.74 Å². The van der Waals surface area contributed by atoms with Gasteiger partial charge in [-0.15, -0.1) is 0 Å². The summed E-state index contributed by atoms with van der Waals surface area (Å²) in [4.78, 5) is 2.81. The molecule has 0 aliphatic carbocycles. The summed E-state index contributed by atoms with van der Waals surface area (Å²) in [5, 5.41) is 0. The van der Waals surface area contributed by atoms with Crippen LogP contribution in [0.1, 0.15) is 18.4 Å². The van der Waals surface area contributed by atoms with E-state index in [2.05, 4.69) is 20.8 Å². The largest absolute Gasteiger partial charge is 0.494 e. The van der Waals surface area contributed by atoms with Crippen LogP contribution in [0.5, 0.6) is 5.75 Å². The molecule has 2 nitrogen and oxygen atoms in total. The van der Waals surface area contributed by atoms with Crippen LogP contribution in [0.3, 0.4) is 0 Å². The number of nitrogens with zero attached hydrogens (tertiary/aromatic N) is 1. The summed E-state index contributed by atoms with van der Waals surface area (Å²) in [6.07, 6.45) is 2.37. The Labute approximate surface area is 110 Å². The lowest BCUT2D eigenvalue weighted by molar-refractivity contribution is 0.224. The Morgan fingerprint density at radius 2 is 2.35 bits per heavy atom. The van der Waals surface area contributed by atoms with Gasteiger partial charge in [0.15, 0.2) is 11.6 Å². The molecule has 94 valence electrons. The van der Waals surface area contributed by atoms with Gasteiger partial charge in [-0.3, -0.25) is 4.90 Å². The zero-order valence-corrected chi connectivity index (χ0v) is 11.5. The van der Waals surface area contributed by atoms with Crippen molar-refractivity contribution < 1.29 is 9.13 Å². The molecule has 1 saturated heterocycles. The summed E-state index contributed by atoms with van der Waals surface area (Å²) in [6.45, 7) is 2.68. The minimum atomic E-state index is -0.230. The van der Waals surface area contributed by atoms with Crippen LogP contribution < -0.4 is 4.74 Å². The maximum atomic E-state index is 14.0. The van der Waals surface area contributed by atoms with Crippen molar-refractivity contribution in [3.8, 4) is 5.75 Å². The van der Waals surface area contributed by atoms with Crippen molar-refractivity contribution in [3.05, 3.63) is 29.6 Å². The molecule has 0 radical (unpaired) electrons. The fraction of sp³-hybridized carbons (Fsp3) is 0.538. The van der Waals surface area contributed by atoms with Gasteiger partial charge in [0.25, 0.3) is 0 Å². The Hall–Kier alpha value is -0.610. The highest BCUT2D eigenvalue weighted by atomic mass is 79.9. The predicted octanol–water partition coefficient (Wildman–Crippen LogP) is 3.19. The summed E-state index contributed by atoms with van der Waals surface area (Å²) >= 11 is 3.63. The molecule has 2 rings (SSSR count). The Bertz CT molecular complexity index is 386. The zero-order valence-electron chi connectivity index (χ0n) is 9.96. The molecule has 0 saturated carbocycles. The van der Waals surface area contributed by atoms with E-state index in [1.807, 2.05) is 12.1 Å². The minimum absolute atomic E-state index is 0.230. The van der Waals surface area contributed by atoms with Crippen LogP contribution in [0.2, 0.25) is 0 Å². The van der Waals surface area contributed by atoms with Crippen LogP contribution in [0.4, 0.5) is 4.39 Å². The van der Waals surface area contributed by atoms with E-state index in [-0.39, 0.29) is 5.82 Å². The molecule has 4 heteroatoms. The van der Waals surface area contributed by atoms with Gasteiger partial charge in [-0.25, -0.2) is 4.39 Å². The molecule has 1 aliphatic rings. The summed E-state index contributed by atoms with van der Waals surface area (Å²) in [5.41, 5.74) is 0.714. The minimum Gasteiger partial charge on any atom is -0.494 e. The summed E-state index contributed by atoms with van der Waals surface area (Å²) in [6, 6.07) is 5.32. The fourth-order valence-corrected chi connectivity index (χ4v) is 2.95. The molecule has 17 heavy (non-hydrogen) atoms. The molecule has 0 aromatic heterocycles. The van der Waals surface area contributed by atoms with Crippen molar-refractivity contribution in [3.63, 3.8) is 0 Å². The number of piperidine rings is 1. The van der Waals surface area contributed by atoms with Crippen molar-refractivity contribution in [1.82, 2.24) is 4.90 Å². The van der Waals surface area contributed by atoms with E-state index in [0.717, 1.165) is 13.1 Å². The first kappa shape index (κ1) is 12.8. The van der Waals surface area contributed by atoms with Crippen molar-refractivity contribution in [2.45, 2.75) is 24.2 Å². The average Bonchev–Trinajstić information content (AvgIpc) is 2.32. The molecule has 0 amide bonds. The molecule has 1 heterocycles. The second-order valence-electron chi connectivity index (χ2n) is 4.41. The van der Waals surface area contributed by atoms with Gasteiger partial charge in [0, 0.05) is 23.5 Å². The maximum absolute atomic E-state index is 14.0. The van der Waals surface area contributed by atoms with Crippen LogP contribution in [-0.4, -0.2) is 29.9 Å². The Morgan fingerprint density at radius 1 is 1.53 bits per heavy atom. The van der Waals surface area contributed by atoms with E-state index >= 15 is 0 Å². The van der Waals surface area contributed by atoms with Crippen LogP contribution in [0, 0.1) is 5.82 Å². The third kappa shape index (κ3) is 3.19. The molecule has 1 aromatic rings. The Kier molecular flexibility index (Phi) is 4.40. The lowest BCUT2D eigenvalue weighted by Gasteiger charge is -2.30. The number of methoxy groups -OCH3 is 1. The van der Waals surface area contributed by atoms with E-state index < -0.39 is 0 Å². The number of halogens is 2. The van der Waals surface area contributed by atoms with Crippen molar-refractivity contribution in [2.75, 3.05) is 20.2 Å². The first-order chi connectivity index (χ1) is 8.20. The first-order valence-corrected chi connectivity index (χ1v) is 6.80. The molecule has 1 fully saturated rings. The standard InChI is InChI=1S/C13H17BrFNO/c1-17-12-6-2-4-10(13(12)15)8-16-7-3-5-11(14)9-16/h2,4,6,11H,3,5,7-9H2,1H3. The van der Waals surface area contributed by atoms with E-state index in [0.29, 0.717) is 22.7 Å². The van der Waals surface area contributed by atoms with Crippen LogP contribution in [0.15, 0.2) is 18.2 Å². The fourth-order valence-electron chi connectivity index (χ4n) is 2.22. The number of hydrogen-bond donors (Lipinski definition) is 0. The number of alkyl halides is 1. The molecular weight excluding hydrogens is 285 g/mol. The monoisotopic (exact) mass is 301 g/mol. The van der Waals surface area contributed by atoms with Gasteiger partial charge in [0.05, 0.1) is 7.11 Å². The van der Waals surface area contributed by atoms with Gasteiger partial charge in [0.1, 0.15) is 0 Å². The van der Waals surface area contributed by atoms with Gasteiger partial charge in [-0.05, 0) is 25.5 Å². The van der Waals surface area contributed by atoms with Gasteiger partial charge in [0.2, 0.25) is 0 Å². The second kappa shape index (κ2) is 5.83. The van der Waals surface area contributed by atoms with Crippen LogP contribution >= 0.6 is 15.9 Å². The van der Waals surface area contributed by atoms with Crippen molar-refractivity contribution >= 4 is 15.9 Å². The molecule has 1 aromatic carbocycles. The van der Waals surface area contributed by atoms with Crippen LogP contribution in [0.25, 0.3) is 0 Å². The number of likely N-dealkylation sites (tertiary alicyclic amines) is 1. The normalized spacial score (nSPS) is 21.5. The highest BCUT2D eigenvalue weighted by Crippen LogP contribution is 2.23. The highest BCUT2D eigenvalue weighted by molar-refractivity contribution is 9.09. The number of ether oxygens (including phenoxy) is 1. The van der Waals surface area contributed by atoms with E-state index in [9.17, 15) is 4.39 Å². The molecule has 0 spiro atoms. The zero-order chi connectivity index (χ0) is 12.3. The van der Waals surface area contributed by atoms with E-state index in [4.69, 9.17) is 4.74 Å². The Morgan fingerprint density at radius 3 is 3.06 bits per heavy atom. The lowest BCUT2D eigenvalue weighted by Crippen LogP contribution is -2.35. The summed E-state index contributed by atoms with van der Waals surface area (Å²) < 4.78 is 19.0. The molecule has 1 unspecified atom stereocenters. The van der Waals surface area contributed by atoms with Gasteiger partial charge in [-0.2, -0.15) is 0 Å². The number of hydrogen-bond acceptors (Lipinski definition) is 2. The van der Waals surface area contributed by atoms with E-state index in [1.165, 1.54) is 20.0 Å². The lowest BCUT2D eigenvalue weighted by atomic mass is 10.1. The number of rotatable bonds is 3.